The number of rotatable bonds is 6. The van der Waals surface area contributed by atoms with Gasteiger partial charge in [0.05, 0.1) is 22.0 Å². The summed E-state index contributed by atoms with van der Waals surface area (Å²) >= 11 is 0. The van der Waals surface area contributed by atoms with Crippen LogP contribution in [0.3, 0.4) is 0 Å². The number of hydrogen-bond donors (Lipinski definition) is 0. The number of alkyl halides is 3. The van der Waals surface area contributed by atoms with Gasteiger partial charge in [-0.1, -0.05) is 0 Å². The molecule has 0 amide bonds. The van der Waals surface area contributed by atoms with Crippen LogP contribution in [0.2, 0.25) is 0 Å². The molecule has 0 fully saturated rings. The molecule has 0 spiro atoms. The summed E-state index contributed by atoms with van der Waals surface area (Å²) in [5.41, 5.74) is -0.780. The van der Waals surface area contributed by atoms with E-state index in [2.05, 4.69) is 6.07 Å². The number of halogens is 3. The van der Waals surface area contributed by atoms with Gasteiger partial charge < -0.3 is 9.47 Å². The Hall–Kier alpha value is -3.00. The first-order valence-corrected chi connectivity index (χ1v) is 10.0. The minimum atomic E-state index is -4.43. The van der Waals surface area contributed by atoms with E-state index in [-0.39, 0.29) is 15.5 Å². The molecular weight excluding hydrogens is 405 g/mol. The first-order valence-electron chi connectivity index (χ1n) is 8.54. The van der Waals surface area contributed by atoms with Crippen molar-refractivity contribution in [3.8, 4) is 17.2 Å². The molecule has 3 aromatic carbocycles. The fraction of sp³-hybridized carbons (Fsp3) is 0.143. The van der Waals surface area contributed by atoms with Gasteiger partial charge in [-0.05, 0) is 79.7 Å². The maximum Gasteiger partial charge on any atom is 0.416 e. The number of sulfone groups is 1. The fourth-order valence-electron chi connectivity index (χ4n) is 2.51. The average molecular weight is 421 g/mol. The van der Waals surface area contributed by atoms with E-state index < -0.39 is 21.6 Å². The lowest BCUT2D eigenvalue weighted by molar-refractivity contribution is -0.137. The summed E-state index contributed by atoms with van der Waals surface area (Å²) in [4.78, 5) is 0.0826. The Kier molecular flexibility index (Phi) is 5.83. The van der Waals surface area contributed by atoms with Crippen molar-refractivity contribution in [1.82, 2.24) is 0 Å². The summed E-state index contributed by atoms with van der Waals surface area (Å²) in [6.07, 6.45) is -4.43. The van der Waals surface area contributed by atoms with Crippen LogP contribution in [-0.2, 0) is 16.0 Å². The molecular formula is C21H16F3O4S. The molecule has 0 unspecified atom stereocenters. The quantitative estimate of drug-likeness (QED) is 0.525. The molecule has 0 aliphatic carbocycles. The van der Waals surface area contributed by atoms with Crippen molar-refractivity contribution in [2.45, 2.75) is 22.9 Å². The maximum absolute atomic E-state index is 12.8. The highest BCUT2D eigenvalue weighted by Crippen LogP contribution is 2.32. The van der Waals surface area contributed by atoms with Crippen molar-refractivity contribution in [3.63, 3.8) is 0 Å². The van der Waals surface area contributed by atoms with Crippen LogP contribution < -0.4 is 9.47 Å². The number of ether oxygens (including phenoxy) is 2. The molecule has 3 rings (SSSR count). The van der Waals surface area contributed by atoms with E-state index >= 15 is 0 Å². The Balaban J connectivity index is 1.78. The van der Waals surface area contributed by atoms with Gasteiger partial charge in [-0.2, -0.15) is 13.2 Å². The topological polar surface area (TPSA) is 52.6 Å². The van der Waals surface area contributed by atoms with Crippen molar-refractivity contribution >= 4 is 9.84 Å². The van der Waals surface area contributed by atoms with Crippen LogP contribution in [0.25, 0.3) is 0 Å². The van der Waals surface area contributed by atoms with Crippen molar-refractivity contribution < 1.29 is 31.1 Å². The summed E-state index contributed by atoms with van der Waals surface area (Å²) in [5, 5.41) is 0. The highest BCUT2D eigenvalue weighted by molar-refractivity contribution is 7.91. The second-order valence-electron chi connectivity index (χ2n) is 5.94. The standard InChI is InChI=1S/C21H16F3O4S/c1-2-27-18-4-3-5-20(14-18)29(25,26)19-12-10-17(11-13-19)28-16-8-6-15(7-9-16)21(22,23)24/h4-14H,2H2,1H3. The predicted octanol–water partition coefficient (Wildman–Crippen LogP) is 5.53. The smallest absolute Gasteiger partial charge is 0.416 e. The van der Waals surface area contributed by atoms with Crippen molar-refractivity contribution in [2.24, 2.45) is 0 Å². The lowest BCUT2D eigenvalue weighted by Crippen LogP contribution is -2.04. The van der Waals surface area contributed by atoms with Crippen molar-refractivity contribution in [1.29, 1.82) is 0 Å². The number of hydrogen-bond acceptors (Lipinski definition) is 4. The zero-order valence-corrected chi connectivity index (χ0v) is 16.0. The second-order valence-corrected chi connectivity index (χ2v) is 7.89. The van der Waals surface area contributed by atoms with E-state index in [0.717, 1.165) is 12.1 Å². The molecule has 151 valence electrons. The van der Waals surface area contributed by atoms with Crippen LogP contribution in [0.5, 0.6) is 17.2 Å². The van der Waals surface area contributed by atoms with Gasteiger partial charge >= 0.3 is 6.18 Å². The first-order chi connectivity index (χ1) is 13.7. The molecule has 0 aliphatic rings. The third kappa shape index (κ3) is 4.89. The number of benzene rings is 3. The van der Waals surface area contributed by atoms with Crippen LogP contribution in [0.4, 0.5) is 13.2 Å². The zero-order valence-electron chi connectivity index (χ0n) is 15.2. The van der Waals surface area contributed by atoms with Crippen molar-refractivity contribution in [3.05, 3.63) is 78.4 Å². The summed E-state index contributed by atoms with van der Waals surface area (Å²) < 4.78 is 74.1. The molecule has 0 aromatic heterocycles. The van der Waals surface area contributed by atoms with Gasteiger partial charge in [0.15, 0.2) is 0 Å². The molecule has 3 aromatic rings. The third-order valence-electron chi connectivity index (χ3n) is 3.91. The lowest BCUT2D eigenvalue weighted by atomic mass is 10.2. The minimum Gasteiger partial charge on any atom is -0.494 e. The van der Waals surface area contributed by atoms with E-state index in [9.17, 15) is 21.6 Å². The minimum absolute atomic E-state index is 0.0410. The monoisotopic (exact) mass is 421 g/mol. The van der Waals surface area contributed by atoms with Crippen LogP contribution in [0.1, 0.15) is 12.5 Å². The molecule has 1 radical (unpaired) electrons. The molecule has 0 saturated heterocycles. The Morgan fingerprint density at radius 3 is 2.00 bits per heavy atom. The van der Waals surface area contributed by atoms with Crippen LogP contribution in [0.15, 0.2) is 76.5 Å². The van der Waals surface area contributed by atoms with Gasteiger partial charge in [0.1, 0.15) is 17.2 Å². The zero-order chi connectivity index (χ0) is 21.1. The predicted molar refractivity (Wildman–Crippen MR) is 99.9 cm³/mol. The third-order valence-corrected chi connectivity index (χ3v) is 5.66. The van der Waals surface area contributed by atoms with Gasteiger partial charge in [-0.3, -0.25) is 0 Å². The van der Waals surface area contributed by atoms with Gasteiger partial charge in [0.25, 0.3) is 0 Å². The Morgan fingerprint density at radius 1 is 0.862 bits per heavy atom. The summed E-state index contributed by atoms with van der Waals surface area (Å²) in [6, 6.07) is 16.9. The highest BCUT2D eigenvalue weighted by atomic mass is 32.2. The van der Waals surface area contributed by atoms with E-state index in [1.165, 1.54) is 48.5 Å². The summed E-state index contributed by atoms with van der Waals surface area (Å²) in [5.74, 6) is 0.891. The molecule has 0 heterocycles. The molecule has 0 saturated carbocycles. The second kappa shape index (κ2) is 8.16. The molecule has 0 bridgehead atoms. The van der Waals surface area contributed by atoms with Crippen LogP contribution in [-0.4, -0.2) is 15.0 Å². The van der Waals surface area contributed by atoms with Gasteiger partial charge in [-0.15, -0.1) is 0 Å². The van der Waals surface area contributed by atoms with Gasteiger partial charge in [0.2, 0.25) is 9.84 Å². The first kappa shape index (κ1) is 20.7. The molecule has 0 aliphatic heterocycles. The SMILES string of the molecule is CCOc1c[c]cc(S(=O)(=O)c2ccc(Oc3ccc(C(F)(F)F)cc3)cc2)c1. The van der Waals surface area contributed by atoms with Crippen LogP contribution >= 0.6 is 0 Å². The van der Waals surface area contributed by atoms with E-state index in [1.54, 1.807) is 13.0 Å². The van der Waals surface area contributed by atoms with E-state index in [4.69, 9.17) is 9.47 Å². The average Bonchev–Trinajstić information content (AvgIpc) is 2.69. The largest absolute Gasteiger partial charge is 0.494 e. The molecule has 0 atom stereocenters. The maximum atomic E-state index is 12.8. The molecule has 29 heavy (non-hydrogen) atoms. The molecule has 0 N–H and O–H groups in total. The lowest BCUT2D eigenvalue weighted by Gasteiger charge is -2.10. The normalized spacial score (nSPS) is 11.9. The summed E-state index contributed by atoms with van der Waals surface area (Å²) in [6.45, 7) is 2.18. The van der Waals surface area contributed by atoms with Crippen molar-refractivity contribution in [2.75, 3.05) is 6.61 Å². The fourth-order valence-corrected chi connectivity index (χ4v) is 3.77. The van der Waals surface area contributed by atoms with Gasteiger partial charge in [0, 0.05) is 0 Å². The Bertz CT molecular complexity index is 1070. The molecule has 8 heteroatoms. The highest BCUT2D eigenvalue weighted by Gasteiger charge is 2.30. The van der Waals surface area contributed by atoms with Crippen LogP contribution in [0, 0.1) is 6.07 Å². The Labute approximate surface area is 166 Å². The molecule has 4 nitrogen and oxygen atoms in total. The Morgan fingerprint density at radius 2 is 1.45 bits per heavy atom. The van der Waals surface area contributed by atoms with E-state index in [1.807, 2.05) is 0 Å². The van der Waals surface area contributed by atoms with E-state index in [0.29, 0.717) is 18.1 Å². The summed E-state index contributed by atoms with van der Waals surface area (Å²) in [7, 11) is -3.78. The van der Waals surface area contributed by atoms with Gasteiger partial charge in [-0.25, -0.2) is 8.42 Å².